The summed E-state index contributed by atoms with van der Waals surface area (Å²) in [7, 11) is 1.57. The van der Waals surface area contributed by atoms with E-state index in [4.69, 9.17) is 4.74 Å². The summed E-state index contributed by atoms with van der Waals surface area (Å²) in [6.07, 6.45) is 1.62. The SMILES string of the molecule is COCCNC(=O)[C@H](c1ccccc1)N(C(=O)Cn1nnc2ccccc21)c1cnc2ccccc2c1. The number of benzene rings is 3. The summed E-state index contributed by atoms with van der Waals surface area (Å²) in [6, 6.07) is 25.2. The minimum atomic E-state index is -0.941. The Morgan fingerprint density at radius 3 is 2.51 bits per heavy atom. The second-order valence-electron chi connectivity index (χ2n) is 8.48. The van der Waals surface area contributed by atoms with Crippen molar-refractivity contribution < 1.29 is 14.3 Å². The van der Waals surface area contributed by atoms with Gasteiger partial charge in [0, 0.05) is 19.0 Å². The van der Waals surface area contributed by atoms with Crippen LogP contribution in [0.2, 0.25) is 0 Å². The van der Waals surface area contributed by atoms with E-state index in [0.717, 1.165) is 16.4 Å². The number of rotatable bonds is 9. The van der Waals surface area contributed by atoms with Crippen LogP contribution in [0, 0.1) is 0 Å². The van der Waals surface area contributed by atoms with E-state index in [2.05, 4.69) is 20.6 Å². The molecule has 9 heteroatoms. The van der Waals surface area contributed by atoms with Gasteiger partial charge in [-0.25, -0.2) is 4.68 Å². The van der Waals surface area contributed by atoms with Crippen molar-refractivity contribution in [3.8, 4) is 0 Å². The maximum Gasteiger partial charge on any atom is 0.249 e. The Morgan fingerprint density at radius 2 is 1.70 bits per heavy atom. The lowest BCUT2D eigenvalue weighted by Gasteiger charge is -2.31. The molecule has 2 amide bonds. The fourth-order valence-corrected chi connectivity index (χ4v) is 4.29. The number of hydrogen-bond donors (Lipinski definition) is 1. The summed E-state index contributed by atoms with van der Waals surface area (Å²) >= 11 is 0. The summed E-state index contributed by atoms with van der Waals surface area (Å²) < 4.78 is 6.65. The first-order chi connectivity index (χ1) is 18.2. The Morgan fingerprint density at radius 1 is 0.973 bits per heavy atom. The van der Waals surface area contributed by atoms with Crippen LogP contribution in [-0.4, -0.2) is 52.1 Å². The monoisotopic (exact) mass is 494 g/mol. The molecule has 186 valence electrons. The summed E-state index contributed by atoms with van der Waals surface area (Å²) in [5, 5.41) is 12.1. The third kappa shape index (κ3) is 5.17. The molecule has 0 saturated carbocycles. The number of ether oxygens (including phenoxy) is 1. The lowest BCUT2D eigenvalue weighted by atomic mass is 10.0. The van der Waals surface area contributed by atoms with Crippen LogP contribution in [-0.2, 0) is 20.9 Å². The van der Waals surface area contributed by atoms with Crippen molar-refractivity contribution in [2.24, 2.45) is 0 Å². The normalized spacial score (nSPS) is 11.9. The van der Waals surface area contributed by atoms with Crippen molar-refractivity contribution >= 4 is 39.4 Å². The first kappa shape index (κ1) is 24.1. The van der Waals surface area contributed by atoms with E-state index in [1.54, 1.807) is 18.0 Å². The Kier molecular flexibility index (Phi) is 7.14. The van der Waals surface area contributed by atoms with E-state index in [0.29, 0.717) is 29.9 Å². The molecule has 0 saturated heterocycles. The molecule has 9 nitrogen and oxygen atoms in total. The first-order valence-electron chi connectivity index (χ1n) is 11.9. The predicted molar refractivity (Wildman–Crippen MR) is 141 cm³/mol. The molecule has 0 aliphatic heterocycles. The third-order valence-corrected chi connectivity index (χ3v) is 6.06. The number of amides is 2. The van der Waals surface area contributed by atoms with Gasteiger partial charge in [-0.3, -0.25) is 19.5 Å². The second-order valence-corrected chi connectivity index (χ2v) is 8.48. The molecular formula is C28H26N6O3. The predicted octanol–water partition coefficient (Wildman–Crippen LogP) is 3.52. The van der Waals surface area contributed by atoms with Gasteiger partial charge in [-0.1, -0.05) is 65.9 Å². The molecule has 2 aromatic heterocycles. The van der Waals surface area contributed by atoms with E-state index in [-0.39, 0.29) is 18.4 Å². The van der Waals surface area contributed by atoms with Crippen molar-refractivity contribution in [3.05, 3.63) is 96.7 Å². The maximum atomic E-state index is 14.0. The maximum absolute atomic E-state index is 14.0. The Labute approximate surface area is 213 Å². The molecule has 0 bridgehead atoms. The average Bonchev–Trinajstić information content (AvgIpc) is 3.34. The zero-order valence-corrected chi connectivity index (χ0v) is 20.3. The molecule has 2 heterocycles. The molecular weight excluding hydrogens is 468 g/mol. The smallest absolute Gasteiger partial charge is 0.249 e. The molecule has 5 rings (SSSR count). The van der Waals surface area contributed by atoms with Gasteiger partial charge in [0.05, 0.1) is 29.5 Å². The van der Waals surface area contributed by atoms with Gasteiger partial charge in [0.2, 0.25) is 11.8 Å². The Bertz CT molecular complexity index is 1540. The van der Waals surface area contributed by atoms with Gasteiger partial charge in [-0.2, -0.15) is 0 Å². The van der Waals surface area contributed by atoms with Crippen molar-refractivity contribution in [1.82, 2.24) is 25.3 Å². The third-order valence-electron chi connectivity index (χ3n) is 6.06. The number of para-hydroxylation sites is 2. The van der Waals surface area contributed by atoms with Crippen LogP contribution in [0.4, 0.5) is 5.69 Å². The number of carbonyl (C=O) groups excluding carboxylic acids is 2. The van der Waals surface area contributed by atoms with Gasteiger partial charge < -0.3 is 10.1 Å². The molecule has 0 fully saturated rings. The van der Waals surface area contributed by atoms with E-state index in [1.165, 1.54) is 4.90 Å². The number of pyridine rings is 1. The summed E-state index contributed by atoms with van der Waals surface area (Å²) in [5.41, 5.74) is 3.38. The van der Waals surface area contributed by atoms with Crippen LogP contribution >= 0.6 is 0 Å². The number of nitrogens with zero attached hydrogens (tertiary/aromatic N) is 5. The lowest BCUT2D eigenvalue weighted by molar-refractivity contribution is -0.127. The van der Waals surface area contributed by atoms with Crippen molar-refractivity contribution in [3.63, 3.8) is 0 Å². The highest BCUT2D eigenvalue weighted by Gasteiger charge is 2.33. The molecule has 0 radical (unpaired) electrons. The topological polar surface area (TPSA) is 102 Å². The van der Waals surface area contributed by atoms with E-state index < -0.39 is 6.04 Å². The van der Waals surface area contributed by atoms with Crippen LogP contribution in [0.1, 0.15) is 11.6 Å². The number of nitrogens with one attached hydrogen (secondary N) is 1. The van der Waals surface area contributed by atoms with Crippen LogP contribution in [0.5, 0.6) is 0 Å². The van der Waals surface area contributed by atoms with Crippen LogP contribution in [0.15, 0.2) is 91.1 Å². The van der Waals surface area contributed by atoms with E-state index in [1.807, 2.05) is 84.9 Å². The number of fused-ring (bicyclic) bond motifs is 2. The summed E-state index contributed by atoms with van der Waals surface area (Å²) in [5.74, 6) is -0.656. The summed E-state index contributed by atoms with van der Waals surface area (Å²) in [6.45, 7) is 0.552. The molecule has 37 heavy (non-hydrogen) atoms. The molecule has 0 spiro atoms. The van der Waals surface area contributed by atoms with Gasteiger partial charge in [0.15, 0.2) is 0 Å². The molecule has 0 aliphatic rings. The number of carbonyl (C=O) groups is 2. The minimum absolute atomic E-state index is 0.109. The fourth-order valence-electron chi connectivity index (χ4n) is 4.29. The average molecular weight is 495 g/mol. The number of hydrogen-bond acceptors (Lipinski definition) is 6. The first-order valence-corrected chi connectivity index (χ1v) is 11.9. The Balaban J connectivity index is 1.60. The highest BCUT2D eigenvalue weighted by atomic mass is 16.5. The summed E-state index contributed by atoms with van der Waals surface area (Å²) in [4.78, 5) is 33.7. The van der Waals surface area contributed by atoms with Gasteiger partial charge in [0.1, 0.15) is 18.1 Å². The number of aromatic nitrogens is 4. The highest BCUT2D eigenvalue weighted by Crippen LogP contribution is 2.30. The van der Waals surface area contributed by atoms with Crippen molar-refractivity contribution in [2.75, 3.05) is 25.2 Å². The zero-order chi connectivity index (χ0) is 25.6. The quantitative estimate of drug-likeness (QED) is 0.315. The van der Waals surface area contributed by atoms with Crippen molar-refractivity contribution in [2.45, 2.75) is 12.6 Å². The molecule has 3 aromatic carbocycles. The fraction of sp³-hybridized carbons (Fsp3) is 0.179. The second kappa shape index (κ2) is 11.0. The molecule has 1 atom stereocenters. The van der Waals surface area contributed by atoms with E-state index in [9.17, 15) is 9.59 Å². The van der Waals surface area contributed by atoms with Crippen molar-refractivity contribution in [1.29, 1.82) is 0 Å². The van der Waals surface area contributed by atoms with Crippen LogP contribution < -0.4 is 10.2 Å². The largest absolute Gasteiger partial charge is 0.383 e. The van der Waals surface area contributed by atoms with Gasteiger partial charge in [0.25, 0.3) is 0 Å². The minimum Gasteiger partial charge on any atom is -0.383 e. The van der Waals surface area contributed by atoms with Crippen LogP contribution in [0.3, 0.4) is 0 Å². The zero-order valence-electron chi connectivity index (χ0n) is 20.3. The molecule has 0 unspecified atom stereocenters. The molecule has 0 aliphatic carbocycles. The van der Waals surface area contributed by atoms with Gasteiger partial charge >= 0.3 is 0 Å². The highest BCUT2D eigenvalue weighted by molar-refractivity contribution is 6.02. The van der Waals surface area contributed by atoms with Gasteiger partial charge in [-0.15, -0.1) is 5.10 Å². The van der Waals surface area contributed by atoms with Crippen LogP contribution in [0.25, 0.3) is 21.9 Å². The standard InChI is InChI=1S/C28H26N6O3/c1-37-16-15-29-28(36)27(20-9-3-2-4-10-20)34(22-17-21-11-5-6-12-23(21)30-18-22)26(35)19-33-25-14-8-7-13-24(25)31-32-33/h2-14,17-18,27H,15-16,19H2,1H3,(H,29,36)/t27-/m0/s1. The number of methoxy groups -OCH3 is 1. The van der Waals surface area contributed by atoms with Gasteiger partial charge in [-0.05, 0) is 29.8 Å². The molecule has 5 aromatic rings. The molecule has 1 N–H and O–H groups in total. The van der Waals surface area contributed by atoms with E-state index >= 15 is 0 Å². The lowest BCUT2D eigenvalue weighted by Crippen LogP contribution is -2.46. The Hall–Kier alpha value is -4.63. The number of anilines is 1.